The molecule has 0 aliphatic carbocycles. The second-order valence-electron chi connectivity index (χ2n) is 3.96. The maximum absolute atomic E-state index is 11.8. The Hall–Kier alpha value is -2.74. The molecule has 1 amide bonds. The number of nitrogens with zero attached hydrogens (tertiary/aromatic N) is 1. The summed E-state index contributed by atoms with van der Waals surface area (Å²) in [5.74, 6) is -1.46. The van der Waals surface area contributed by atoms with E-state index < -0.39 is 11.9 Å². The van der Waals surface area contributed by atoms with Crippen molar-refractivity contribution in [3.05, 3.63) is 56.1 Å². The zero-order chi connectivity index (χ0) is 15.2. The molecule has 7 nitrogen and oxygen atoms in total. The van der Waals surface area contributed by atoms with Gasteiger partial charge in [0, 0.05) is 17.0 Å². The first-order chi connectivity index (χ1) is 10.1. The van der Waals surface area contributed by atoms with Gasteiger partial charge < -0.3 is 10.4 Å². The summed E-state index contributed by atoms with van der Waals surface area (Å²) in [5, 5.41) is 18.9. The topological polar surface area (TPSA) is 112 Å². The summed E-state index contributed by atoms with van der Waals surface area (Å²) < 4.78 is 0. The third-order valence-corrected chi connectivity index (χ3v) is 3.44. The molecule has 0 spiro atoms. The van der Waals surface area contributed by atoms with Crippen LogP contribution in [0.4, 0.5) is 0 Å². The number of aromatic amines is 1. The molecule has 2 heterocycles. The van der Waals surface area contributed by atoms with Gasteiger partial charge in [-0.3, -0.25) is 9.59 Å². The van der Waals surface area contributed by atoms with Gasteiger partial charge in [0.1, 0.15) is 5.69 Å². The van der Waals surface area contributed by atoms with Crippen molar-refractivity contribution in [2.45, 2.75) is 6.54 Å². The number of hydrogen-bond donors (Lipinski definition) is 3. The molecule has 0 radical (unpaired) electrons. The summed E-state index contributed by atoms with van der Waals surface area (Å²) in [6, 6.07) is 4.31. The fraction of sp³-hybridized carbons (Fsp3) is 0.0769. The second-order valence-corrected chi connectivity index (χ2v) is 4.96. The highest BCUT2D eigenvalue weighted by molar-refractivity contribution is 7.10. The maximum Gasteiger partial charge on any atom is 0.328 e. The number of hydrogen-bond acceptors (Lipinski definition) is 5. The van der Waals surface area contributed by atoms with E-state index in [1.165, 1.54) is 29.5 Å². The Kier molecular flexibility index (Phi) is 4.62. The van der Waals surface area contributed by atoms with Crippen molar-refractivity contribution < 1.29 is 14.7 Å². The first kappa shape index (κ1) is 14.7. The van der Waals surface area contributed by atoms with Crippen molar-refractivity contribution in [3.8, 4) is 0 Å². The Morgan fingerprint density at radius 1 is 1.38 bits per heavy atom. The van der Waals surface area contributed by atoms with E-state index in [9.17, 15) is 14.4 Å². The lowest BCUT2D eigenvalue weighted by Gasteiger charge is -2.03. The highest BCUT2D eigenvalue weighted by Crippen LogP contribution is 2.18. The lowest BCUT2D eigenvalue weighted by molar-refractivity contribution is -0.131. The molecule has 0 atom stereocenters. The first-order valence-corrected chi connectivity index (χ1v) is 6.75. The average Bonchev–Trinajstić information content (AvgIpc) is 2.90. The normalized spacial score (nSPS) is 10.7. The second kappa shape index (κ2) is 6.62. The largest absolute Gasteiger partial charge is 0.478 e. The fourth-order valence-corrected chi connectivity index (χ4v) is 2.33. The van der Waals surface area contributed by atoms with Crippen LogP contribution in [-0.4, -0.2) is 27.2 Å². The van der Waals surface area contributed by atoms with Gasteiger partial charge in [0.05, 0.1) is 6.54 Å². The molecule has 0 saturated heterocycles. The molecule has 2 rings (SSSR count). The van der Waals surface area contributed by atoms with E-state index in [1.807, 2.05) is 0 Å². The van der Waals surface area contributed by atoms with Crippen LogP contribution in [0.15, 0.2) is 34.4 Å². The zero-order valence-electron chi connectivity index (χ0n) is 10.7. The SMILES string of the molecule is O=C(O)/C=C/c1ccsc1CNC(=O)c1ccc(=O)[nH]n1. The van der Waals surface area contributed by atoms with Crippen LogP contribution in [0.3, 0.4) is 0 Å². The predicted molar refractivity (Wildman–Crippen MR) is 77.0 cm³/mol. The third kappa shape index (κ3) is 4.11. The summed E-state index contributed by atoms with van der Waals surface area (Å²) in [4.78, 5) is 34.0. The summed E-state index contributed by atoms with van der Waals surface area (Å²) in [6.45, 7) is 0.247. The Balaban J connectivity index is 2.02. The Morgan fingerprint density at radius 3 is 2.86 bits per heavy atom. The van der Waals surface area contributed by atoms with E-state index in [1.54, 1.807) is 11.4 Å². The van der Waals surface area contributed by atoms with E-state index in [4.69, 9.17) is 5.11 Å². The molecule has 0 aliphatic rings. The predicted octanol–water partition coefficient (Wildman–Crippen LogP) is 0.859. The van der Waals surface area contributed by atoms with Crippen LogP contribution >= 0.6 is 11.3 Å². The molecule has 0 bridgehead atoms. The van der Waals surface area contributed by atoms with Crippen molar-refractivity contribution in [1.82, 2.24) is 15.5 Å². The van der Waals surface area contributed by atoms with E-state index in [0.29, 0.717) is 0 Å². The Bertz CT molecular complexity index is 727. The highest BCUT2D eigenvalue weighted by atomic mass is 32.1. The van der Waals surface area contributed by atoms with E-state index in [2.05, 4.69) is 15.5 Å². The first-order valence-electron chi connectivity index (χ1n) is 5.87. The summed E-state index contributed by atoms with van der Waals surface area (Å²) >= 11 is 1.40. The van der Waals surface area contributed by atoms with Gasteiger partial charge in [-0.05, 0) is 29.2 Å². The van der Waals surface area contributed by atoms with Gasteiger partial charge >= 0.3 is 5.97 Å². The van der Waals surface area contributed by atoms with Gasteiger partial charge in [0.25, 0.3) is 11.5 Å². The maximum atomic E-state index is 11.8. The number of carbonyl (C=O) groups excluding carboxylic acids is 1. The number of carboxylic acids is 1. The molecule has 3 N–H and O–H groups in total. The summed E-state index contributed by atoms with van der Waals surface area (Å²) in [5.41, 5.74) is 0.455. The minimum atomic E-state index is -1.03. The van der Waals surface area contributed by atoms with Gasteiger partial charge in [-0.15, -0.1) is 11.3 Å². The molecular formula is C13H11N3O4S. The molecule has 0 fully saturated rings. The number of aromatic nitrogens is 2. The minimum Gasteiger partial charge on any atom is -0.478 e. The number of thiophene rings is 1. The van der Waals surface area contributed by atoms with Crippen molar-refractivity contribution in [2.24, 2.45) is 0 Å². The molecular weight excluding hydrogens is 294 g/mol. The van der Waals surface area contributed by atoms with Crippen molar-refractivity contribution >= 4 is 29.3 Å². The van der Waals surface area contributed by atoms with E-state index in [-0.39, 0.29) is 17.8 Å². The molecule has 0 unspecified atom stereocenters. The van der Waals surface area contributed by atoms with Crippen LogP contribution in [0.25, 0.3) is 6.08 Å². The standard InChI is InChI=1S/C13H11N3O4S/c17-11-3-2-9(15-16-11)13(20)14-7-10-8(5-6-21-10)1-4-12(18)19/h1-6H,7H2,(H,14,20)(H,16,17)(H,18,19)/b4-1+. The quantitative estimate of drug-likeness (QED) is 0.709. The molecule has 0 aromatic carbocycles. The number of H-pyrrole nitrogens is 1. The highest BCUT2D eigenvalue weighted by Gasteiger charge is 2.09. The van der Waals surface area contributed by atoms with Gasteiger partial charge in [0.2, 0.25) is 0 Å². The molecule has 2 aromatic rings. The Labute approximate surface area is 123 Å². The molecule has 8 heteroatoms. The number of carbonyl (C=O) groups is 2. The number of carboxylic acid groups (broad SMARTS) is 1. The van der Waals surface area contributed by atoms with Crippen LogP contribution in [0, 0.1) is 0 Å². The van der Waals surface area contributed by atoms with Gasteiger partial charge in [0.15, 0.2) is 0 Å². The summed E-state index contributed by atoms with van der Waals surface area (Å²) in [7, 11) is 0. The number of nitrogens with one attached hydrogen (secondary N) is 2. The fourth-order valence-electron chi connectivity index (χ4n) is 1.53. The minimum absolute atomic E-state index is 0.105. The number of rotatable bonds is 5. The van der Waals surface area contributed by atoms with Crippen LogP contribution < -0.4 is 10.9 Å². The molecule has 108 valence electrons. The smallest absolute Gasteiger partial charge is 0.328 e. The van der Waals surface area contributed by atoms with Gasteiger partial charge in [-0.2, -0.15) is 5.10 Å². The number of amides is 1. The van der Waals surface area contributed by atoms with Gasteiger partial charge in [-0.25, -0.2) is 9.89 Å². The van der Waals surface area contributed by atoms with Crippen LogP contribution in [0.1, 0.15) is 20.9 Å². The molecule has 2 aromatic heterocycles. The lowest BCUT2D eigenvalue weighted by Crippen LogP contribution is -2.25. The Morgan fingerprint density at radius 2 is 2.19 bits per heavy atom. The monoisotopic (exact) mass is 305 g/mol. The zero-order valence-corrected chi connectivity index (χ0v) is 11.5. The molecule has 0 aliphatic heterocycles. The number of aliphatic carboxylic acids is 1. The molecule has 21 heavy (non-hydrogen) atoms. The van der Waals surface area contributed by atoms with E-state index in [0.717, 1.165) is 16.5 Å². The van der Waals surface area contributed by atoms with Gasteiger partial charge in [-0.1, -0.05) is 0 Å². The molecule has 0 saturated carbocycles. The van der Waals surface area contributed by atoms with E-state index >= 15 is 0 Å². The van der Waals surface area contributed by atoms with Crippen molar-refractivity contribution in [1.29, 1.82) is 0 Å². The average molecular weight is 305 g/mol. The van der Waals surface area contributed by atoms with Crippen molar-refractivity contribution in [3.63, 3.8) is 0 Å². The summed E-state index contributed by atoms with van der Waals surface area (Å²) in [6.07, 6.45) is 2.51. The van der Waals surface area contributed by atoms with Crippen molar-refractivity contribution in [2.75, 3.05) is 0 Å². The van der Waals surface area contributed by atoms with Crippen LogP contribution in [0.5, 0.6) is 0 Å². The van der Waals surface area contributed by atoms with Crippen LogP contribution in [-0.2, 0) is 11.3 Å². The third-order valence-electron chi connectivity index (χ3n) is 2.51. The lowest BCUT2D eigenvalue weighted by atomic mass is 10.2. The van der Waals surface area contributed by atoms with Crippen LogP contribution in [0.2, 0.25) is 0 Å².